The first-order valence-electron chi connectivity index (χ1n) is 22.2. The molecule has 0 amide bonds. The van der Waals surface area contributed by atoms with Crippen molar-refractivity contribution >= 4 is 5.78 Å². The summed E-state index contributed by atoms with van der Waals surface area (Å²) >= 11 is 0. The smallest absolute Gasteiger partial charge is 0.150 e. The Balaban J connectivity index is 2.14. The van der Waals surface area contributed by atoms with Crippen molar-refractivity contribution in [3.63, 3.8) is 0 Å². The van der Waals surface area contributed by atoms with Gasteiger partial charge in [-0.3, -0.25) is 4.79 Å². The summed E-state index contributed by atoms with van der Waals surface area (Å²) in [5, 5.41) is 0. The molecule has 0 aliphatic carbocycles. The fourth-order valence-electron chi connectivity index (χ4n) is 7.17. The highest BCUT2D eigenvalue weighted by Gasteiger charge is 2.14. The summed E-state index contributed by atoms with van der Waals surface area (Å²) in [6.45, 7) is 9.62. The Bertz CT molecular complexity index is 770. The van der Waals surface area contributed by atoms with Crippen LogP contribution in [0.4, 0.5) is 0 Å². The van der Waals surface area contributed by atoms with Gasteiger partial charge < -0.3 is 20.4 Å². The van der Waals surface area contributed by atoms with Gasteiger partial charge in [0, 0.05) is 44.5 Å². The third-order valence-electron chi connectivity index (χ3n) is 10.5. The van der Waals surface area contributed by atoms with Crippen LogP contribution in [0.2, 0.25) is 0 Å². The maximum atomic E-state index is 12.4. The van der Waals surface area contributed by atoms with Crippen LogP contribution in [0.25, 0.3) is 0 Å². The van der Waals surface area contributed by atoms with Gasteiger partial charge in [-0.25, -0.2) is 4.98 Å². The van der Waals surface area contributed by atoms with Crippen LogP contribution in [0, 0.1) is 0 Å². The minimum absolute atomic E-state index is 0.107. The van der Waals surface area contributed by atoms with E-state index in [0.717, 1.165) is 31.7 Å². The van der Waals surface area contributed by atoms with Crippen molar-refractivity contribution in [3.8, 4) is 0 Å². The number of rotatable bonds is 41. The number of nitrogens with one attached hydrogen (secondary N) is 1. The minimum Gasteiger partial charge on any atom is -0.381 e. The van der Waals surface area contributed by atoms with E-state index in [4.69, 9.17) is 10.5 Å². The van der Waals surface area contributed by atoms with Crippen LogP contribution in [0.15, 0.2) is 12.5 Å². The van der Waals surface area contributed by atoms with E-state index in [0.29, 0.717) is 19.4 Å². The molecular formula is C44H86N4O2. The fraction of sp³-hybridized carbons (Fsp3) is 0.909. The molecule has 1 aromatic heterocycles. The number of aromatic nitrogens is 2. The van der Waals surface area contributed by atoms with E-state index in [-0.39, 0.29) is 5.78 Å². The summed E-state index contributed by atoms with van der Waals surface area (Å²) in [5.74, 6) is 0.107. The Morgan fingerprint density at radius 1 is 0.600 bits per heavy atom. The third kappa shape index (κ3) is 31.5. The molecule has 1 unspecified atom stereocenters. The van der Waals surface area contributed by atoms with Gasteiger partial charge >= 0.3 is 0 Å². The molecule has 3 N–H and O–H groups in total. The van der Waals surface area contributed by atoms with Crippen LogP contribution >= 0.6 is 0 Å². The molecule has 1 rings (SSSR count). The van der Waals surface area contributed by atoms with Gasteiger partial charge in [-0.1, -0.05) is 181 Å². The number of imidazole rings is 1. The molecule has 1 heterocycles. The lowest BCUT2D eigenvalue weighted by Crippen LogP contribution is -2.32. The Hall–Kier alpha value is -1.24. The predicted molar refractivity (Wildman–Crippen MR) is 217 cm³/mol. The Labute approximate surface area is 311 Å². The third-order valence-corrected chi connectivity index (χ3v) is 10.5. The molecule has 294 valence electrons. The van der Waals surface area contributed by atoms with Crippen LogP contribution in [-0.2, 0) is 16.0 Å². The normalized spacial score (nSPS) is 12.3. The quantitative estimate of drug-likeness (QED) is 0.0664. The summed E-state index contributed by atoms with van der Waals surface area (Å²) in [7, 11) is 0. The van der Waals surface area contributed by atoms with Gasteiger partial charge in [0.05, 0.1) is 12.4 Å². The molecule has 0 spiro atoms. The fourth-order valence-corrected chi connectivity index (χ4v) is 7.17. The molecule has 1 aromatic rings. The number of hydrogen-bond donors (Lipinski definition) is 2. The zero-order valence-electron chi connectivity index (χ0n) is 33.7. The number of aromatic amines is 1. The van der Waals surface area contributed by atoms with E-state index < -0.39 is 6.04 Å². The molecule has 0 fully saturated rings. The summed E-state index contributed by atoms with van der Waals surface area (Å²) in [4.78, 5) is 22.1. The highest BCUT2D eigenvalue weighted by molar-refractivity contribution is 5.83. The van der Waals surface area contributed by atoms with E-state index in [9.17, 15) is 4.79 Å². The number of carbonyl (C=O) groups excluding carboxylic acids is 1. The maximum absolute atomic E-state index is 12.4. The molecule has 6 nitrogen and oxygen atoms in total. The molecule has 1 atom stereocenters. The summed E-state index contributed by atoms with van der Waals surface area (Å²) in [5.41, 5.74) is 7.00. The van der Waals surface area contributed by atoms with Crippen molar-refractivity contribution in [1.29, 1.82) is 0 Å². The number of ketones is 1. The van der Waals surface area contributed by atoms with Gasteiger partial charge in [0.15, 0.2) is 0 Å². The molecule has 50 heavy (non-hydrogen) atoms. The molecular weight excluding hydrogens is 617 g/mol. The average Bonchev–Trinajstić information content (AvgIpc) is 3.64. The monoisotopic (exact) mass is 703 g/mol. The van der Waals surface area contributed by atoms with E-state index >= 15 is 0 Å². The second-order valence-corrected chi connectivity index (χ2v) is 15.5. The summed E-state index contributed by atoms with van der Waals surface area (Å²) in [6, 6.07) is -0.464. The summed E-state index contributed by atoms with van der Waals surface area (Å²) < 4.78 is 5.94. The number of unbranched alkanes of at least 4 members (excludes halogenated alkanes) is 26. The number of nitrogens with zero attached hydrogens (tertiary/aromatic N) is 2. The van der Waals surface area contributed by atoms with Crippen LogP contribution in [0.3, 0.4) is 0 Å². The molecule has 0 aliphatic rings. The van der Waals surface area contributed by atoms with Gasteiger partial charge in [0.2, 0.25) is 0 Å². The first-order chi connectivity index (χ1) is 24.7. The van der Waals surface area contributed by atoms with E-state index in [2.05, 4.69) is 28.7 Å². The van der Waals surface area contributed by atoms with Crippen LogP contribution in [0.1, 0.15) is 219 Å². The number of ether oxygens (including phenoxy) is 1. The molecule has 0 bridgehead atoms. The van der Waals surface area contributed by atoms with Crippen LogP contribution in [0.5, 0.6) is 0 Å². The zero-order chi connectivity index (χ0) is 36.0. The largest absolute Gasteiger partial charge is 0.381 e. The first-order valence-corrected chi connectivity index (χ1v) is 22.2. The summed E-state index contributed by atoms with van der Waals surface area (Å²) in [6.07, 6.45) is 45.9. The highest BCUT2D eigenvalue weighted by Crippen LogP contribution is 2.15. The maximum Gasteiger partial charge on any atom is 0.150 e. The predicted octanol–water partition coefficient (Wildman–Crippen LogP) is 12.3. The average molecular weight is 703 g/mol. The van der Waals surface area contributed by atoms with Crippen molar-refractivity contribution in [3.05, 3.63) is 18.2 Å². The van der Waals surface area contributed by atoms with Gasteiger partial charge in [-0.05, 0) is 38.8 Å². The van der Waals surface area contributed by atoms with E-state index in [1.54, 1.807) is 12.5 Å². The molecule has 0 saturated heterocycles. The van der Waals surface area contributed by atoms with Crippen LogP contribution in [-0.4, -0.2) is 59.5 Å². The second kappa shape index (κ2) is 37.5. The number of H-pyrrole nitrogens is 1. The Kier molecular flexibility index (Phi) is 35.1. The lowest BCUT2D eigenvalue weighted by atomic mass is 10.0. The molecule has 0 aromatic carbocycles. The van der Waals surface area contributed by atoms with Crippen molar-refractivity contribution in [2.24, 2.45) is 5.73 Å². The molecule has 0 radical (unpaired) electrons. The first kappa shape index (κ1) is 46.8. The minimum atomic E-state index is -0.464. The lowest BCUT2D eigenvalue weighted by molar-refractivity contribution is -0.120. The molecule has 0 saturated carbocycles. The molecule has 6 heteroatoms. The van der Waals surface area contributed by atoms with Gasteiger partial charge in [0.1, 0.15) is 5.78 Å². The Morgan fingerprint density at radius 3 is 1.38 bits per heavy atom. The van der Waals surface area contributed by atoms with Gasteiger partial charge in [0.25, 0.3) is 0 Å². The van der Waals surface area contributed by atoms with Crippen molar-refractivity contribution in [1.82, 2.24) is 14.9 Å². The number of nitrogens with two attached hydrogens (primary N) is 1. The Morgan fingerprint density at radius 2 is 0.980 bits per heavy atom. The number of hydrogen-bond acceptors (Lipinski definition) is 5. The topological polar surface area (TPSA) is 84.2 Å². The number of Topliss-reactive ketones (excluding diaryl/α,β-unsaturated/α-hetero) is 1. The number of carbonyl (C=O) groups is 1. The zero-order valence-corrected chi connectivity index (χ0v) is 33.7. The molecule has 0 aliphatic heterocycles. The van der Waals surface area contributed by atoms with Crippen molar-refractivity contribution in [2.45, 2.75) is 225 Å². The van der Waals surface area contributed by atoms with E-state index in [1.807, 2.05) is 0 Å². The standard InChI is InChI=1S/C44H86N4O2/c1-3-5-7-9-11-13-15-17-19-21-23-25-27-29-34-48(35-30-28-26-24-22-20-18-16-14-12-10-8-6-4-2)36-32-38-50-37-31-33-44(49)43(45)39-42-40-46-41-47-42/h40-41,43H,3-39,45H2,1-2H3,(H,46,47). The van der Waals surface area contributed by atoms with Gasteiger partial charge in [-0.2, -0.15) is 0 Å². The van der Waals surface area contributed by atoms with Crippen molar-refractivity contribution < 1.29 is 9.53 Å². The van der Waals surface area contributed by atoms with E-state index in [1.165, 1.54) is 193 Å². The van der Waals surface area contributed by atoms with Gasteiger partial charge in [-0.15, -0.1) is 0 Å². The van der Waals surface area contributed by atoms with Crippen molar-refractivity contribution in [2.75, 3.05) is 32.8 Å². The lowest BCUT2D eigenvalue weighted by Gasteiger charge is -2.22. The highest BCUT2D eigenvalue weighted by atomic mass is 16.5. The SMILES string of the molecule is CCCCCCCCCCCCCCCCN(CCCCCCCCCCCCCCCC)CCCOCCCC(=O)C(N)Cc1cnc[nH]1. The second-order valence-electron chi connectivity index (χ2n) is 15.5. The van der Waals surface area contributed by atoms with Crippen LogP contribution < -0.4 is 5.73 Å².